The maximum atomic E-state index is 12.4. The predicted octanol–water partition coefficient (Wildman–Crippen LogP) is 0.911. The van der Waals surface area contributed by atoms with Crippen LogP contribution in [0, 0.1) is 0 Å². The van der Waals surface area contributed by atoms with E-state index in [-0.39, 0.29) is 11.6 Å². The minimum absolute atomic E-state index is 0.196. The first-order valence-electron chi connectivity index (χ1n) is 8.80. The quantitative estimate of drug-likeness (QED) is 0.704. The number of amides is 3. The second-order valence-electron chi connectivity index (χ2n) is 6.37. The molecule has 1 aromatic heterocycles. The minimum Gasteiger partial charge on any atom is -0.478 e. The molecule has 0 bridgehead atoms. The molecule has 1 aromatic carbocycles. The van der Waals surface area contributed by atoms with Crippen molar-refractivity contribution in [2.24, 2.45) is 5.73 Å². The fourth-order valence-corrected chi connectivity index (χ4v) is 3.02. The van der Waals surface area contributed by atoms with Crippen LogP contribution in [0.5, 0.6) is 0 Å². The Morgan fingerprint density at radius 3 is 2.36 bits per heavy atom. The molecule has 0 saturated carbocycles. The van der Waals surface area contributed by atoms with Gasteiger partial charge in [-0.3, -0.25) is 4.79 Å². The second-order valence-corrected chi connectivity index (χ2v) is 6.37. The van der Waals surface area contributed by atoms with Gasteiger partial charge in [0.2, 0.25) is 0 Å². The molecule has 0 radical (unpaired) electrons. The average Bonchev–Trinajstić information content (AvgIpc) is 2.72. The number of carboxylic acids is 1. The highest BCUT2D eigenvalue weighted by Gasteiger charge is 2.24. The first kappa shape index (κ1) is 19.2. The Balaban J connectivity index is 1.53. The summed E-state index contributed by atoms with van der Waals surface area (Å²) in [6.45, 7) is 2.36. The summed E-state index contributed by atoms with van der Waals surface area (Å²) in [5.74, 6) is -0.980. The normalized spacial score (nSPS) is 13.9. The Kier molecular flexibility index (Phi) is 5.73. The number of pyridine rings is 1. The van der Waals surface area contributed by atoms with Crippen molar-refractivity contribution in [3.63, 3.8) is 0 Å². The summed E-state index contributed by atoms with van der Waals surface area (Å²) in [5, 5.41) is 11.7. The monoisotopic (exact) mass is 383 g/mol. The molecule has 2 aromatic rings. The first-order valence-corrected chi connectivity index (χ1v) is 8.80. The Morgan fingerprint density at radius 2 is 1.75 bits per heavy atom. The standard InChI is InChI=1S/C19H21N5O4/c20-16(25)15-2-1-7-21-17(15)23-8-10-24(11-9-23)19(28)22-12-13-3-5-14(6-4-13)18(26)27/h1-7H,8-12H2,(H2,20,25)(H,22,28)(H,26,27). The summed E-state index contributed by atoms with van der Waals surface area (Å²) in [6.07, 6.45) is 1.61. The summed E-state index contributed by atoms with van der Waals surface area (Å²) < 4.78 is 0. The van der Waals surface area contributed by atoms with Crippen LogP contribution in [0.15, 0.2) is 42.6 Å². The average molecular weight is 383 g/mol. The number of nitrogens with one attached hydrogen (secondary N) is 1. The van der Waals surface area contributed by atoms with E-state index in [2.05, 4.69) is 10.3 Å². The molecule has 0 atom stereocenters. The van der Waals surface area contributed by atoms with E-state index >= 15 is 0 Å². The maximum absolute atomic E-state index is 12.4. The van der Waals surface area contributed by atoms with Crippen LogP contribution in [0.2, 0.25) is 0 Å². The summed E-state index contributed by atoms with van der Waals surface area (Å²) in [5.41, 5.74) is 6.79. The van der Waals surface area contributed by atoms with Gasteiger partial charge >= 0.3 is 12.0 Å². The molecule has 3 rings (SSSR count). The summed E-state index contributed by atoms with van der Waals surface area (Å²) in [4.78, 5) is 42.7. The van der Waals surface area contributed by atoms with E-state index in [1.807, 2.05) is 4.90 Å². The van der Waals surface area contributed by atoms with Crippen molar-refractivity contribution in [1.29, 1.82) is 0 Å². The summed E-state index contributed by atoms with van der Waals surface area (Å²) in [7, 11) is 0. The van der Waals surface area contributed by atoms with E-state index in [9.17, 15) is 14.4 Å². The van der Waals surface area contributed by atoms with Crippen molar-refractivity contribution in [2.45, 2.75) is 6.54 Å². The number of urea groups is 1. The molecular formula is C19H21N5O4. The van der Waals surface area contributed by atoms with Gasteiger partial charge in [0.1, 0.15) is 5.82 Å². The van der Waals surface area contributed by atoms with Gasteiger partial charge in [-0.05, 0) is 29.8 Å². The molecule has 9 heteroatoms. The van der Waals surface area contributed by atoms with Crippen LogP contribution in [0.4, 0.5) is 10.6 Å². The molecular weight excluding hydrogens is 362 g/mol. The highest BCUT2D eigenvalue weighted by atomic mass is 16.4. The van der Waals surface area contributed by atoms with Gasteiger partial charge in [-0.15, -0.1) is 0 Å². The number of primary amides is 1. The van der Waals surface area contributed by atoms with Crippen molar-refractivity contribution in [3.05, 3.63) is 59.3 Å². The fraction of sp³-hybridized carbons (Fsp3) is 0.263. The molecule has 1 aliphatic heterocycles. The van der Waals surface area contributed by atoms with Gasteiger partial charge in [0.05, 0.1) is 11.1 Å². The zero-order valence-electron chi connectivity index (χ0n) is 15.2. The molecule has 2 heterocycles. The number of aromatic nitrogens is 1. The Morgan fingerprint density at radius 1 is 1.07 bits per heavy atom. The predicted molar refractivity (Wildman–Crippen MR) is 102 cm³/mol. The third kappa shape index (κ3) is 4.37. The van der Waals surface area contributed by atoms with Gasteiger partial charge in [0, 0.05) is 38.9 Å². The lowest BCUT2D eigenvalue weighted by Gasteiger charge is -2.35. The molecule has 28 heavy (non-hydrogen) atoms. The molecule has 3 amide bonds. The Hall–Kier alpha value is -3.62. The van der Waals surface area contributed by atoms with Crippen molar-refractivity contribution in [3.8, 4) is 0 Å². The van der Waals surface area contributed by atoms with Crippen LogP contribution in [0.3, 0.4) is 0 Å². The lowest BCUT2D eigenvalue weighted by atomic mass is 10.1. The Labute approximate surface area is 161 Å². The first-order chi connectivity index (χ1) is 13.5. The van der Waals surface area contributed by atoms with Gasteiger partial charge in [-0.2, -0.15) is 0 Å². The van der Waals surface area contributed by atoms with Crippen molar-refractivity contribution >= 4 is 23.7 Å². The maximum Gasteiger partial charge on any atom is 0.335 e. The Bertz CT molecular complexity index is 876. The van der Waals surface area contributed by atoms with Crippen LogP contribution < -0.4 is 16.0 Å². The van der Waals surface area contributed by atoms with Gasteiger partial charge in [0.25, 0.3) is 5.91 Å². The largest absolute Gasteiger partial charge is 0.478 e. The molecule has 1 fully saturated rings. The number of hydrogen-bond donors (Lipinski definition) is 3. The molecule has 146 valence electrons. The highest BCUT2D eigenvalue weighted by Crippen LogP contribution is 2.18. The number of carboxylic acid groups (broad SMARTS) is 1. The van der Waals surface area contributed by atoms with E-state index < -0.39 is 11.9 Å². The number of hydrogen-bond acceptors (Lipinski definition) is 5. The third-order valence-corrected chi connectivity index (χ3v) is 4.56. The molecule has 0 aliphatic carbocycles. The molecule has 0 spiro atoms. The van der Waals surface area contributed by atoms with E-state index in [1.54, 1.807) is 35.4 Å². The van der Waals surface area contributed by atoms with Crippen molar-refractivity contribution in [2.75, 3.05) is 31.1 Å². The minimum atomic E-state index is -0.985. The molecule has 9 nitrogen and oxygen atoms in total. The number of rotatable bonds is 5. The lowest BCUT2D eigenvalue weighted by molar-refractivity contribution is 0.0696. The van der Waals surface area contributed by atoms with E-state index in [4.69, 9.17) is 10.8 Å². The van der Waals surface area contributed by atoms with Crippen LogP contribution >= 0.6 is 0 Å². The van der Waals surface area contributed by atoms with Crippen LogP contribution in [0.1, 0.15) is 26.3 Å². The number of benzene rings is 1. The zero-order valence-corrected chi connectivity index (χ0v) is 15.2. The topological polar surface area (TPSA) is 129 Å². The highest BCUT2D eigenvalue weighted by molar-refractivity contribution is 5.97. The summed E-state index contributed by atoms with van der Waals surface area (Å²) in [6, 6.07) is 9.47. The van der Waals surface area contributed by atoms with Gasteiger partial charge in [-0.1, -0.05) is 12.1 Å². The molecule has 0 unspecified atom stereocenters. The number of nitrogens with zero attached hydrogens (tertiary/aromatic N) is 3. The van der Waals surface area contributed by atoms with E-state index in [0.29, 0.717) is 44.1 Å². The van der Waals surface area contributed by atoms with Crippen LogP contribution in [0.25, 0.3) is 0 Å². The zero-order chi connectivity index (χ0) is 20.1. The molecule has 1 aliphatic rings. The van der Waals surface area contributed by atoms with Crippen LogP contribution in [-0.4, -0.2) is 59.1 Å². The van der Waals surface area contributed by atoms with Crippen LogP contribution in [-0.2, 0) is 6.54 Å². The number of carbonyl (C=O) groups is 3. The third-order valence-electron chi connectivity index (χ3n) is 4.56. The van der Waals surface area contributed by atoms with Gasteiger partial charge < -0.3 is 26.0 Å². The number of piperazine rings is 1. The smallest absolute Gasteiger partial charge is 0.335 e. The summed E-state index contributed by atoms with van der Waals surface area (Å²) >= 11 is 0. The van der Waals surface area contributed by atoms with E-state index in [1.165, 1.54) is 12.1 Å². The number of carbonyl (C=O) groups excluding carboxylic acids is 2. The van der Waals surface area contributed by atoms with Gasteiger partial charge in [-0.25, -0.2) is 14.6 Å². The molecule has 1 saturated heterocycles. The number of aromatic carboxylic acids is 1. The lowest BCUT2D eigenvalue weighted by Crippen LogP contribution is -2.52. The molecule has 4 N–H and O–H groups in total. The second kappa shape index (κ2) is 8.38. The van der Waals surface area contributed by atoms with E-state index in [0.717, 1.165) is 5.56 Å². The number of nitrogens with two attached hydrogens (primary N) is 1. The number of anilines is 1. The van der Waals surface area contributed by atoms with Crippen molar-refractivity contribution in [1.82, 2.24) is 15.2 Å². The van der Waals surface area contributed by atoms with Gasteiger partial charge in [0.15, 0.2) is 0 Å². The van der Waals surface area contributed by atoms with Crippen molar-refractivity contribution < 1.29 is 19.5 Å². The fourth-order valence-electron chi connectivity index (χ4n) is 3.02. The SMILES string of the molecule is NC(=O)c1cccnc1N1CCN(C(=O)NCc2ccc(C(=O)O)cc2)CC1.